The molecule has 4 rings (SSSR count). The third-order valence-electron chi connectivity index (χ3n) is 5.10. The van der Waals surface area contributed by atoms with Gasteiger partial charge < -0.3 is 9.88 Å². The summed E-state index contributed by atoms with van der Waals surface area (Å²) in [5, 5.41) is 14.6. The average Bonchev–Trinajstić information content (AvgIpc) is 3.29. The number of carbonyl (C=O) groups excluding carboxylic acids is 3. The van der Waals surface area contributed by atoms with E-state index in [0.29, 0.717) is 21.3 Å². The molecule has 11 heteroatoms. The van der Waals surface area contributed by atoms with Gasteiger partial charge in [0.25, 0.3) is 17.5 Å². The number of hydrogen-bond acceptors (Lipinski definition) is 6. The fourth-order valence-corrected chi connectivity index (χ4v) is 3.70. The number of imide groups is 1. The largest absolute Gasteiger partial charge is 0.341 e. The predicted molar refractivity (Wildman–Crippen MR) is 113 cm³/mol. The van der Waals surface area contributed by atoms with Crippen LogP contribution >= 0.6 is 11.6 Å². The molecule has 0 saturated carbocycles. The Labute approximate surface area is 186 Å². The van der Waals surface area contributed by atoms with E-state index in [0.717, 1.165) is 6.07 Å². The van der Waals surface area contributed by atoms with Gasteiger partial charge in [0.1, 0.15) is 24.0 Å². The molecule has 1 N–H and O–H groups in total. The minimum absolute atomic E-state index is 0.102. The number of fused-ring (bicyclic) bond motifs is 1. The van der Waals surface area contributed by atoms with E-state index in [4.69, 9.17) is 11.6 Å². The number of nitrogens with zero attached hydrogens (tertiary/aromatic N) is 4. The highest BCUT2D eigenvalue weighted by atomic mass is 35.5. The van der Waals surface area contributed by atoms with Crippen molar-refractivity contribution in [2.75, 3.05) is 6.54 Å². The summed E-state index contributed by atoms with van der Waals surface area (Å²) in [6, 6.07) is 9.91. The van der Waals surface area contributed by atoms with Gasteiger partial charge >= 0.3 is 0 Å². The Morgan fingerprint density at radius 3 is 2.53 bits per heavy atom. The van der Waals surface area contributed by atoms with Gasteiger partial charge in [-0.05, 0) is 23.8 Å². The van der Waals surface area contributed by atoms with Crippen molar-refractivity contribution >= 4 is 35.0 Å². The molecule has 0 bridgehead atoms. The van der Waals surface area contributed by atoms with Crippen molar-refractivity contribution < 1.29 is 19.3 Å². The molecule has 0 unspecified atom stereocenters. The van der Waals surface area contributed by atoms with Crippen LogP contribution in [0.25, 0.3) is 0 Å². The van der Waals surface area contributed by atoms with E-state index in [1.165, 1.54) is 12.1 Å². The minimum atomic E-state index is -0.882. The van der Waals surface area contributed by atoms with Gasteiger partial charge in [0.15, 0.2) is 0 Å². The summed E-state index contributed by atoms with van der Waals surface area (Å²) in [4.78, 5) is 53.8. The van der Waals surface area contributed by atoms with Crippen molar-refractivity contribution in [3.63, 3.8) is 0 Å². The Morgan fingerprint density at radius 2 is 1.91 bits per heavy atom. The summed E-state index contributed by atoms with van der Waals surface area (Å²) in [6.07, 6.45) is 3.29. The molecule has 0 aliphatic carbocycles. The fourth-order valence-electron chi connectivity index (χ4n) is 3.57. The van der Waals surface area contributed by atoms with E-state index in [9.17, 15) is 24.5 Å². The molecule has 1 atom stereocenters. The molecule has 162 valence electrons. The molecule has 1 aromatic heterocycles. The van der Waals surface area contributed by atoms with Gasteiger partial charge in [-0.25, -0.2) is 4.98 Å². The first-order valence-electron chi connectivity index (χ1n) is 9.43. The lowest BCUT2D eigenvalue weighted by Crippen LogP contribution is -2.42. The van der Waals surface area contributed by atoms with Crippen LogP contribution in [0.15, 0.2) is 54.9 Å². The standard InChI is InChI=1S/C21H16ClN5O5/c1-25-10-9-23-19(25)18(12-5-7-13(22)8-6-12)24-16(28)11-26-20(29)14-3-2-4-15(27(31)32)17(14)21(26)30/h2-10,18H,11H2,1H3,(H,24,28)/t18-/m1/s1. The number of amides is 3. The maximum atomic E-state index is 12.9. The van der Waals surface area contributed by atoms with Gasteiger partial charge in [0.2, 0.25) is 5.91 Å². The molecule has 3 amide bonds. The maximum Gasteiger partial charge on any atom is 0.282 e. The van der Waals surface area contributed by atoms with Crippen LogP contribution in [0, 0.1) is 10.1 Å². The first-order valence-corrected chi connectivity index (χ1v) is 9.81. The topological polar surface area (TPSA) is 127 Å². The Hall–Kier alpha value is -4.05. The van der Waals surface area contributed by atoms with E-state index in [1.54, 1.807) is 48.3 Å². The smallest absolute Gasteiger partial charge is 0.282 e. The number of carbonyl (C=O) groups is 3. The number of aromatic nitrogens is 2. The van der Waals surface area contributed by atoms with Gasteiger partial charge in [0.05, 0.1) is 10.5 Å². The van der Waals surface area contributed by atoms with Crippen LogP contribution in [0.5, 0.6) is 0 Å². The van der Waals surface area contributed by atoms with E-state index >= 15 is 0 Å². The summed E-state index contributed by atoms with van der Waals surface area (Å²) in [6.45, 7) is -0.599. The predicted octanol–water partition coefficient (Wildman–Crippen LogP) is 2.48. The third kappa shape index (κ3) is 3.71. The molecule has 10 nitrogen and oxygen atoms in total. The third-order valence-corrected chi connectivity index (χ3v) is 5.35. The number of halogens is 1. The SMILES string of the molecule is Cn1ccnc1[C@H](NC(=O)CN1C(=O)c2cccc([N+](=O)[O-])c2C1=O)c1ccc(Cl)cc1. The van der Waals surface area contributed by atoms with Gasteiger partial charge in [-0.1, -0.05) is 29.8 Å². The second kappa shape index (κ2) is 8.23. The molecule has 32 heavy (non-hydrogen) atoms. The van der Waals surface area contributed by atoms with Crippen molar-refractivity contribution in [1.82, 2.24) is 19.8 Å². The van der Waals surface area contributed by atoms with Crippen molar-refractivity contribution in [3.8, 4) is 0 Å². The van der Waals surface area contributed by atoms with E-state index in [2.05, 4.69) is 10.3 Å². The summed E-state index contributed by atoms with van der Waals surface area (Å²) in [5.74, 6) is -1.75. The van der Waals surface area contributed by atoms with Crippen molar-refractivity contribution in [3.05, 3.63) is 92.5 Å². The number of imidazole rings is 1. The fraction of sp³-hybridized carbons (Fsp3) is 0.143. The van der Waals surface area contributed by atoms with E-state index in [1.807, 2.05) is 0 Å². The van der Waals surface area contributed by atoms with E-state index < -0.39 is 40.9 Å². The monoisotopic (exact) mass is 453 g/mol. The Kier molecular flexibility index (Phi) is 5.45. The molecular weight excluding hydrogens is 438 g/mol. The molecule has 0 spiro atoms. The van der Waals surface area contributed by atoms with E-state index in [-0.39, 0.29) is 11.1 Å². The number of benzene rings is 2. The molecule has 2 aromatic carbocycles. The second-order valence-corrected chi connectivity index (χ2v) is 7.54. The molecule has 3 aromatic rings. The number of nitro benzene ring substituents is 1. The molecule has 1 aliphatic rings. The number of rotatable bonds is 6. The zero-order valence-electron chi connectivity index (χ0n) is 16.7. The van der Waals surface area contributed by atoms with Crippen LogP contribution in [0.2, 0.25) is 5.02 Å². The maximum absolute atomic E-state index is 12.9. The first kappa shape index (κ1) is 21.2. The van der Waals surface area contributed by atoms with Crippen LogP contribution in [-0.2, 0) is 11.8 Å². The molecule has 1 aliphatic heterocycles. The second-order valence-electron chi connectivity index (χ2n) is 7.10. The van der Waals surface area contributed by atoms with Crippen LogP contribution in [0.3, 0.4) is 0 Å². The van der Waals surface area contributed by atoms with Gasteiger partial charge in [-0.3, -0.25) is 29.4 Å². The highest BCUT2D eigenvalue weighted by Crippen LogP contribution is 2.30. The summed E-state index contributed by atoms with van der Waals surface area (Å²) in [7, 11) is 1.76. The molecule has 2 heterocycles. The number of nitro groups is 1. The number of hydrogen-bond donors (Lipinski definition) is 1. The zero-order chi connectivity index (χ0) is 23.0. The average molecular weight is 454 g/mol. The minimum Gasteiger partial charge on any atom is -0.341 e. The number of aryl methyl sites for hydroxylation is 1. The van der Waals surface area contributed by atoms with Crippen molar-refractivity contribution in [1.29, 1.82) is 0 Å². The highest BCUT2D eigenvalue weighted by molar-refractivity contribution is 6.30. The lowest BCUT2D eigenvalue weighted by molar-refractivity contribution is -0.385. The van der Waals surface area contributed by atoms with Gasteiger partial charge in [-0.2, -0.15) is 0 Å². The highest BCUT2D eigenvalue weighted by Gasteiger charge is 2.41. The normalized spacial score (nSPS) is 13.8. The van der Waals surface area contributed by atoms with Gasteiger partial charge in [-0.15, -0.1) is 0 Å². The Balaban J connectivity index is 1.59. The summed E-state index contributed by atoms with van der Waals surface area (Å²) in [5.41, 5.74) is -0.199. The molecular formula is C21H16ClN5O5. The van der Waals surface area contributed by atoms with Crippen molar-refractivity contribution in [2.24, 2.45) is 7.05 Å². The Bertz CT molecular complexity index is 1250. The quantitative estimate of drug-likeness (QED) is 0.347. The Morgan fingerprint density at radius 1 is 1.19 bits per heavy atom. The van der Waals surface area contributed by atoms with Crippen molar-refractivity contribution in [2.45, 2.75) is 6.04 Å². The lowest BCUT2D eigenvalue weighted by Gasteiger charge is -2.21. The van der Waals surface area contributed by atoms with Crippen LogP contribution in [-0.4, -0.2) is 43.6 Å². The van der Waals surface area contributed by atoms with Crippen LogP contribution < -0.4 is 5.32 Å². The number of nitrogens with one attached hydrogen (secondary N) is 1. The molecule has 0 fully saturated rings. The molecule has 0 saturated heterocycles. The first-order chi connectivity index (χ1) is 15.3. The lowest BCUT2D eigenvalue weighted by atomic mass is 10.1. The van der Waals surface area contributed by atoms with Gasteiger partial charge in [0, 0.05) is 30.5 Å². The summed E-state index contributed by atoms with van der Waals surface area (Å²) >= 11 is 5.97. The summed E-state index contributed by atoms with van der Waals surface area (Å²) < 4.78 is 1.73. The van der Waals surface area contributed by atoms with Crippen LogP contribution in [0.1, 0.15) is 38.1 Å². The molecule has 0 radical (unpaired) electrons. The zero-order valence-corrected chi connectivity index (χ0v) is 17.4. The van der Waals surface area contributed by atoms with Crippen LogP contribution in [0.4, 0.5) is 5.69 Å².